The van der Waals surface area contributed by atoms with Crippen LogP contribution in [0, 0.1) is 6.92 Å². The van der Waals surface area contributed by atoms with Crippen molar-refractivity contribution in [2.24, 2.45) is 0 Å². The monoisotopic (exact) mass is 318 g/mol. The van der Waals surface area contributed by atoms with Crippen LogP contribution in [0.2, 0.25) is 0 Å². The summed E-state index contributed by atoms with van der Waals surface area (Å²) in [5, 5.41) is 2.93. The lowest BCUT2D eigenvalue weighted by molar-refractivity contribution is -0.122. The van der Waals surface area contributed by atoms with E-state index in [-0.39, 0.29) is 11.8 Å². The maximum absolute atomic E-state index is 12.4. The smallest absolute Gasteiger partial charge is 0.255 e. The average Bonchev–Trinajstić information content (AvgIpc) is 2.56. The van der Waals surface area contributed by atoms with E-state index in [1.807, 2.05) is 24.0 Å². The standard InChI is InChI=1S/C17H26N4O2/c1-3-4-7-18-16(22)13-20-8-10-21(11-9-20)17(23)15-6-5-14(2)19-12-15/h5-6,12H,3-4,7-11,13H2,1-2H3,(H,18,22). The molecule has 2 heterocycles. The van der Waals surface area contributed by atoms with Crippen LogP contribution < -0.4 is 5.32 Å². The van der Waals surface area contributed by atoms with Gasteiger partial charge in [-0.15, -0.1) is 0 Å². The first-order valence-electron chi connectivity index (χ1n) is 8.31. The number of piperazine rings is 1. The van der Waals surface area contributed by atoms with Crippen molar-refractivity contribution in [2.45, 2.75) is 26.7 Å². The van der Waals surface area contributed by atoms with Crippen LogP contribution in [0.3, 0.4) is 0 Å². The van der Waals surface area contributed by atoms with Gasteiger partial charge < -0.3 is 10.2 Å². The Labute approximate surface area is 137 Å². The molecule has 1 fully saturated rings. The molecule has 1 aromatic rings. The summed E-state index contributed by atoms with van der Waals surface area (Å²) in [7, 11) is 0. The van der Waals surface area contributed by atoms with Crippen LogP contribution in [0.5, 0.6) is 0 Å². The summed E-state index contributed by atoms with van der Waals surface area (Å²) in [6, 6.07) is 3.67. The zero-order valence-corrected chi connectivity index (χ0v) is 14.0. The van der Waals surface area contributed by atoms with Gasteiger partial charge in [0.15, 0.2) is 0 Å². The molecule has 126 valence electrons. The highest BCUT2D eigenvalue weighted by atomic mass is 16.2. The highest BCUT2D eigenvalue weighted by molar-refractivity contribution is 5.94. The van der Waals surface area contributed by atoms with E-state index in [0.717, 1.165) is 38.2 Å². The van der Waals surface area contributed by atoms with Crippen molar-refractivity contribution in [1.82, 2.24) is 20.1 Å². The first-order valence-corrected chi connectivity index (χ1v) is 8.31. The molecule has 2 amide bonds. The van der Waals surface area contributed by atoms with Crippen molar-refractivity contribution in [3.8, 4) is 0 Å². The van der Waals surface area contributed by atoms with Gasteiger partial charge in [0.25, 0.3) is 5.91 Å². The minimum absolute atomic E-state index is 0.0181. The molecule has 0 saturated carbocycles. The van der Waals surface area contributed by atoms with Gasteiger partial charge in [0, 0.05) is 44.6 Å². The third kappa shape index (κ3) is 5.32. The van der Waals surface area contributed by atoms with Crippen molar-refractivity contribution >= 4 is 11.8 Å². The van der Waals surface area contributed by atoms with Crippen molar-refractivity contribution in [3.63, 3.8) is 0 Å². The first-order chi connectivity index (χ1) is 11.1. The van der Waals surface area contributed by atoms with Crippen molar-refractivity contribution in [2.75, 3.05) is 39.3 Å². The fourth-order valence-corrected chi connectivity index (χ4v) is 2.55. The molecule has 1 aliphatic heterocycles. The van der Waals surface area contributed by atoms with Crippen LogP contribution >= 0.6 is 0 Å². The second-order valence-electron chi connectivity index (χ2n) is 5.96. The van der Waals surface area contributed by atoms with Crippen LogP contribution in [0.25, 0.3) is 0 Å². The van der Waals surface area contributed by atoms with E-state index in [9.17, 15) is 9.59 Å². The molecule has 0 aromatic carbocycles. The molecule has 6 heteroatoms. The van der Waals surface area contributed by atoms with Gasteiger partial charge >= 0.3 is 0 Å². The predicted molar refractivity (Wildman–Crippen MR) is 89.2 cm³/mol. The molecule has 0 spiro atoms. The number of pyridine rings is 1. The fourth-order valence-electron chi connectivity index (χ4n) is 2.55. The molecular weight excluding hydrogens is 292 g/mol. The van der Waals surface area contributed by atoms with Crippen molar-refractivity contribution < 1.29 is 9.59 Å². The second kappa shape index (κ2) is 8.62. The lowest BCUT2D eigenvalue weighted by Crippen LogP contribution is -2.51. The normalized spacial score (nSPS) is 15.5. The SMILES string of the molecule is CCCCNC(=O)CN1CCN(C(=O)c2ccc(C)nc2)CC1. The van der Waals surface area contributed by atoms with E-state index in [2.05, 4.69) is 22.1 Å². The first kappa shape index (κ1) is 17.4. The third-order valence-electron chi connectivity index (χ3n) is 4.04. The number of nitrogens with one attached hydrogen (secondary N) is 1. The number of aryl methyl sites for hydroxylation is 1. The van der Waals surface area contributed by atoms with E-state index < -0.39 is 0 Å². The van der Waals surface area contributed by atoms with Gasteiger partial charge in [-0.05, 0) is 25.5 Å². The molecule has 1 aromatic heterocycles. The van der Waals surface area contributed by atoms with E-state index in [4.69, 9.17) is 0 Å². The van der Waals surface area contributed by atoms with E-state index in [1.54, 1.807) is 6.20 Å². The maximum atomic E-state index is 12.4. The van der Waals surface area contributed by atoms with E-state index in [1.165, 1.54) is 0 Å². The summed E-state index contributed by atoms with van der Waals surface area (Å²) < 4.78 is 0. The van der Waals surface area contributed by atoms with Gasteiger partial charge in [0.05, 0.1) is 12.1 Å². The number of unbranched alkanes of at least 4 members (excludes halogenated alkanes) is 1. The molecule has 2 rings (SSSR count). The summed E-state index contributed by atoms with van der Waals surface area (Å²) in [6.45, 7) is 7.92. The van der Waals surface area contributed by atoms with Crippen molar-refractivity contribution in [3.05, 3.63) is 29.6 Å². The third-order valence-corrected chi connectivity index (χ3v) is 4.04. The van der Waals surface area contributed by atoms with Gasteiger partial charge in [-0.2, -0.15) is 0 Å². The largest absolute Gasteiger partial charge is 0.355 e. The number of nitrogens with zero attached hydrogens (tertiary/aromatic N) is 3. The topological polar surface area (TPSA) is 65.5 Å². The number of carbonyl (C=O) groups is 2. The summed E-state index contributed by atoms with van der Waals surface area (Å²) in [6.07, 6.45) is 3.72. The molecule has 23 heavy (non-hydrogen) atoms. The number of hydrogen-bond acceptors (Lipinski definition) is 4. The van der Waals surface area contributed by atoms with Crippen LogP contribution in [-0.4, -0.2) is 65.9 Å². The Hall–Kier alpha value is -1.95. The number of rotatable bonds is 6. The van der Waals surface area contributed by atoms with Gasteiger partial charge in [-0.25, -0.2) is 0 Å². The maximum Gasteiger partial charge on any atom is 0.255 e. The number of carbonyl (C=O) groups excluding carboxylic acids is 2. The molecule has 0 atom stereocenters. The molecule has 1 N–H and O–H groups in total. The number of hydrogen-bond donors (Lipinski definition) is 1. The van der Waals surface area contributed by atoms with Crippen molar-refractivity contribution in [1.29, 1.82) is 0 Å². The van der Waals surface area contributed by atoms with Crippen LogP contribution in [-0.2, 0) is 4.79 Å². The van der Waals surface area contributed by atoms with Crippen LogP contribution in [0.1, 0.15) is 35.8 Å². The minimum Gasteiger partial charge on any atom is -0.355 e. The second-order valence-corrected chi connectivity index (χ2v) is 5.96. The van der Waals surface area contributed by atoms with Gasteiger partial charge in [-0.1, -0.05) is 13.3 Å². The summed E-state index contributed by atoms with van der Waals surface area (Å²) in [5.41, 5.74) is 1.53. The Morgan fingerprint density at radius 2 is 1.96 bits per heavy atom. The molecule has 6 nitrogen and oxygen atoms in total. The van der Waals surface area contributed by atoms with E-state index >= 15 is 0 Å². The quantitative estimate of drug-likeness (QED) is 0.797. The van der Waals surface area contributed by atoms with E-state index in [0.29, 0.717) is 25.2 Å². The summed E-state index contributed by atoms with van der Waals surface area (Å²) >= 11 is 0. The fraction of sp³-hybridized carbons (Fsp3) is 0.588. The summed E-state index contributed by atoms with van der Waals surface area (Å²) in [5.74, 6) is 0.0884. The number of amides is 2. The zero-order valence-electron chi connectivity index (χ0n) is 14.0. The van der Waals surface area contributed by atoms with Crippen LogP contribution in [0.15, 0.2) is 18.3 Å². The Morgan fingerprint density at radius 1 is 1.22 bits per heavy atom. The highest BCUT2D eigenvalue weighted by Gasteiger charge is 2.23. The Bertz CT molecular complexity index is 522. The lowest BCUT2D eigenvalue weighted by Gasteiger charge is -2.34. The molecule has 0 bridgehead atoms. The molecule has 1 aliphatic rings. The average molecular weight is 318 g/mol. The Balaban J connectivity index is 1.76. The Morgan fingerprint density at radius 3 is 2.57 bits per heavy atom. The predicted octanol–water partition coefficient (Wildman–Crippen LogP) is 1.06. The molecule has 0 unspecified atom stereocenters. The molecule has 0 radical (unpaired) electrons. The Kier molecular flexibility index (Phi) is 6.52. The zero-order chi connectivity index (χ0) is 16.7. The molecule has 1 saturated heterocycles. The van der Waals surface area contributed by atoms with Gasteiger partial charge in [0.2, 0.25) is 5.91 Å². The highest BCUT2D eigenvalue weighted by Crippen LogP contribution is 2.08. The minimum atomic E-state index is 0.0181. The molecule has 0 aliphatic carbocycles. The molecular formula is C17H26N4O2. The van der Waals surface area contributed by atoms with Gasteiger partial charge in [0.1, 0.15) is 0 Å². The number of aromatic nitrogens is 1. The lowest BCUT2D eigenvalue weighted by atomic mass is 10.2. The van der Waals surface area contributed by atoms with Gasteiger partial charge in [-0.3, -0.25) is 19.5 Å². The summed E-state index contributed by atoms with van der Waals surface area (Å²) in [4.78, 5) is 32.3. The van der Waals surface area contributed by atoms with Crippen LogP contribution in [0.4, 0.5) is 0 Å².